The minimum Gasteiger partial charge on any atom is -0.463 e. The van der Waals surface area contributed by atoms with E-state index in [4.69, 9.17) is 4.42 Å². The van der Waals surface area contributed by atoms with Crippen LogP contribution in [0.15, 0.2) is 46.1 Å². The second-order valence-electron chi connectivity index (χ2n) is 5.58. The van der Waals surface area contributed by atoms with Gasteiger partial charge >= 0.3 is 0 Å². The number of amides is 2. The van der Waals surface area contributed by atoms with Crippen molar-refractivity contribution in [3.8, 4) is 0 Å². The number of rotatable bonds is 6. The highest BCUT2D eigenvalue weighted by molar-refractivity contribution is 5.97. The molecule has 0 radical (unpaired) electrons. The van der Waals surface area contributed by atoms with Gasteiger partial charge in [-0.1, -0.05) is 17.7 Å². The van der Waals surface area contributed by atoms with E-state index in [1.165, 1.54) is 6.26 Å². The molecule has 0 unspecified atom stereocenters. The number of nitrogens with zero attached hydrogens (tertiary/aromatic N) is 1. The summed E-state index contributed by atoms with van der Waals surface area (Å²) >= 11 is 0. The first-order chi connectivity index (χ1) is 11.5. The number of hydrogen-bond donors (Lipinski definition) is 2. The van der Waals surface area contributed by atoms with Crippen LogP contribution < -0.4 is 10.7 Å². The molecule has 1 heterocycles. The van der Waals surface area contributed by atoms with E-state index in [0.29, 0.717) is 11.5 Å². The Kier molecular flexibility index (Phi) is 5.89. The number of carbonyl (C=O) groups excluding carboxylic acids is 2. The molecular weight excluding hydrogens is 306 g/mol. The highest BCUT2D eigenvalue weighted by Crippen LogP contribution is 2.16. The van der Waals surface area contributed by atoms with Gasteiger partial charge in [0.05, 0.1) is 6.26 Å². The molecule has 0 spiro atoms. The Labute approximate surface area is 140 Å². The van der Waals surface area contributed by atoms with Crippen LogP contribution in [0.4, 0.5) is 5.69 Å². The molecule has 1 aromatic carbocycles. The van der Waals surface area contributed by atoms with E-state index in [9.17, 15) is 9.59 Å². The van der Waals surface area contributed by atoms with Gasteiger partial charge in [-0.3, -0.25) is 9.59 Å². The molecule has 24 heavy (non-hydrogen) atoms. The highest BCUT2D eigenvalue weighted by Gasteiger charge is 2.09. The van der Waals surface area contributed by atoms with Gasteiger partial charge in [0, 0.05) is 18.5 Å². The summed E-state index contributed by atoms with van der Waals surface area (Å²) in [5.74, 6) is 0.0587. The van der Waals surface area contributed by atoms with Crippen LogP contribution in [0.2, 0.25) is 0 Å². The van der Waals surface area contributed by atoms with E-state index in [1.54, 1.807) is 19.1 Å². The largest absolute Gasteiger partial charge is 0.463 e. The molecule has 0 fully saturated rings. The third-order valence-corrected chi connectivity index (χ3v) is 3.46. The predicted molar refractivity (Wildman–Crippen MR) is 92.8 cm³/mol. The fourth-order valence-corrected chi connectivity index (χ4v) is 2.14. The Morgan fingerprint density at radius 1 is 1.12 bits per heavy atom. The van der Waals surface area contributed by atoms with Gasteiger partial charge in [-0.25, -0.2) is 5.43 Å². The van der Waals surface area contributed by atoms with Crippen LogP contribution in [0.25, 0.3) is 0 Å². The first-order valence-corrected chi connectivity index (χ1v) is 7.70. The molecule has 0 atom stereocenters. The van der Waals surface area contributed by atoms with E-state index in [0.717, 1.165) is 16.8 Å². The zero-order valence-corrected chi connectivity index (χ0v) is 14.1. The Bertz CT molecular complexity index is 749. The van der Waals surface area contributed by atoms with Crippen LogP contribution in [0.3, 0.4) is 0 Å². The Balaban J connectivity index is 1.79. The van der Waals surface area contributed by atoms with Crippen molar-refractivity contribution < 1.29 is 14.0 Å². The quantitative estimate of drug-likeness (QED) is 0.631. The van der Waals surface area contributed by atoms with Gasteiger partial charge in [0.25, 0.3) is 0 Å². The second kappa shape index (κ2) is 8.10. The van der Waals surface area contributed by atoms with Crippen molar-refractivity contribution in [1.82, 2.24) is 5.43 Å². The van der Waals surface area contributed by atoms with Crippen LogP contribution in [0.5, 0.6) is 0 Å². The number of anilines is 1. The van der Waals surface area contributed by atoms with Crippen molar-refractivity contribution in [3.63, 3.8) is 0 Å². The fourth-order valence-electron chi connectivity index (χ4n) is 2.14. The number of carbonyl (C=O) groups is 2. The van der Waals surface area contributed by atoms with Crippen molar-refractivity contribution in [3.05, 3.63) is 53.5 Å². The molecule has 0 aliphatic rings. The lowest BCUT2D eigenvalue weighted by Gasteiger charge is -2.08. The summed E-state index contributed by atoms with van der Waals surface area (Å²) in [7, 11) is 0. The van der Waals surface area contributed by atoms with Crippen LogP contribution in [0, 0.1) is 13.8 Å². The summed E-state index contributed by atoms with van der Waals surface area (Å²) in [6, 6.07) is 9.28. The summed E-state index contributed by atoms with van der Waals surface area (Å²) in [6.45, 7) is 5.65. The summed E-state index contributed by atoms with van der Waals surface area (Å²) in [5.41, 5.74) is 5.87. The monoisotopic (exact) mass is 327 g/mol. The van der Waals surface area contributed by atoms with Crippen molar-refractivity contribution in [2.45, 2.75) is 33.6 Å². The Morgan fingerprint density at radius 3 is 2.54 bits per heavy atom. The molecule has 0 bridgehead atoms. The average Bonchev–Trinajstić information content (AvgIpc) is 3.08. The Morgan fingerprint density at radius 2 is 1.88 bits per heavy atom. The third-order valence-electron chi connectivity index (χ3n) is 3.46. The third kappa shape index (κ3) is 5.08. The lowest BCUT2D eigenvalue weighted by atomic mass is 10.1. The molecule has 2 amide bonds. The van der Waals surface area contributed by atoms with Crippen molar-refractivity contribution in [2.24, 2.45) is 5.10 Å². The normalized spacial score (nSPS) is 11.2. The van der Waals surface area contributed by atoms with Gasteiger partial charge in [-0.15, -0.1) is 0 Å². The number of benzene rings is 1. The van der Waals surface area contributed by atoms with E-state index in [-0.39, 0.29) is 24.7 Å². The lowest BCUT2D eigenvalue weighted by Crippen LogP contribution is -2.21. The molecular formula is C18H21N3O3. The molecule has 0 aliphatic heterocycles. The maximum Gasteiger partial charge on any atom is 0.240 e. The van der Waals surface area contributed by atoms with Crippen LogP contribution in [0.1, 0.15) is 36.7 Å². The minimum atomic E-state index is -0.323. The molecule has 6 nitrogen and oxygen atoms in total. The zero-order valence-electron chi connectivity index (χ0n) is 14.1. The van der Waals surface area contributed by atoms with Crippen LogP contribution in [-0.4, -0.2) is 17.5 Å². The van der Waals surface area contributed by atoms with Crippen LogP contribution in [-0.2, 0) is 9.59 Å². The lowest BCUT2D eigenvalue weighted by molar-refractivity contribution is -0.124. The summed E-state index contributed by atoms with van der Waals surface area (Å²) in [5, 5.41) is 6.75. The first-order valence-electron chi connectivity index (χ1n) is 7.70. The number of aryl methyl sites for hydroxylation is 2. The fraction of sp³-hybridized carbons (Fsp3) is 0.278. The molecule has 1 aromatic heterocycles. The predicted octanol–water partition coefficient (Wildman–Crippen LogP) is 3.16. The van der Waals surface area contributed by atoms with Crippen molar-refractivity contribution in [2.75, 3.05) is 5.32 Å². The van der Waals surface area contributed by atoms with Gasteiger partial charge in [-0.2, -0.15) is 5.10 Å². The first kappa shape index (κ1) is 17.5. The standard InChI is InChI=1S/C18H21N3O3/c1-12-6-7-15(13(2)11-12)19-17(22)8-9-18(23)21-20-14(3)16-5-4-10-24-16/h4-7,10-11H,8-9H2,1-3H3,(H,19,22)(H,21,23). The molecule has 126 valence electrons. The maximum absolute atomic E-state index is 11.9. The maximum atomic E-state index is 11.9. The minimum absolute atomic E-state index is 0.0612. The van der Waals surface area contributed by atoms with E-state index < -0.39 is 0 Å². The summed E-state index contributed by atoms with van der Waals surface area (Å²) < 4.78 is 5.17. The van der Waals surface area contributed by atoms with E-state index >= 15 is 0 Å². The average molecular weight is 327 g/mol. The molecule has 0 aliphatic carbocycles. The van der Waals surface area contributed by atoms with Crippen LogP contribution >= 0.6 is 0 Å². The van der Waals surface area contributed by atoms with Crippen molar-refractivity contribution >= 4 is 23.2 Å². The number of hydrogen-bond acceptors (Lipinski definition) is 4. The molecule has 6 heteroatoms. The van der Waals surface area contributed by atoms with Gasteiger partial charge in [-0.05, 0) is 44.5 Å². The summed E-state index contributed by atoms with van der Waals surface area (Å²) in [4.78, 5) is 23.7. The van der Waals surface area contributed by atoms with Gasteiger partial charge in [0.2, 0.25) is 11.8 Å². The molecule has 0 saturated carbocycles. The molecule has 2 aromatic rings. The molecule has 2 rings (SSSR count). The molecule has 0 saturated heterocycles. The van der Waals surface area contributed by atoms with E-state index in [2.05, 4.69) is 15.8 Å². The highest BCUT2D eigenvalue weighted by atomic mass is 16.3. The second-order valence-corrected chi connectivity index (χ2v) is 5.58. The van der Waals surface area contributed by atoms with Gasteiger partial charge in [0.1, 0.15) is 11.5 Å². The Hall–Kier alpha value is -2.89. The number of nitrogens with one attached hydrogen (secondary N) is 2. The zero-order chi connectivity index (χ0) is 17.5. The number of hydrazone groups is 1. The smallest absolute Gasteiger partial charge is 0.240 e. The van der Waals surface area contributed by atoms with Crippen molar-refractivity contribution in [1.29, 1.82) is 0 Å². The summed E-state index contributed by atoms with van der Waals surface area (Å²) in [6.07, 6.45) is 1.69. The SMILES string of the molecule is CC(=NNC(=O)CCC(=O)Nc1ccc(C)cc1C)c1ccco1. The van der Waals surface area contributed by atoms with Gasteiger partial charge in [0.15, 0.2) is 0 Å². The topological polar surface area (TPSA) is 83.7 Å². The molecule has 2 N–H and O–H groups in total. The van der Waals surface area contributed by atoms with Gasteiger partial charge < -0.3 is 9.73 Å². The van der Waals surface area contributed by atoms with E-state index in [1.807, 2.05) is 32.0 Å². The number of furan rings is 1.